The van der Waals surface area contributed by atoms with Crippen LogP contribution in [0.2, 0.25) is 5.02 Å². The predicted molar refractivity (Wildman–Crippen MR) is 114 cm³/mol. The standard InChI is InChI=1S/C22H11BrClF5N2O2/c23-11-7-13-17(19(31-21(13)33)18-14(24)2-1-3-15(18)26)16(8-11)30-20(32)9-4-10(22(27,28)29)6-12(25)5-9/h1-8,19H,(H,30,32)(H,31,33)/t19-/m0/s1. The van der Waals surface area contributed by atoms with E-state index in [1.54, 1.807) is 0 Å². The molecule has 4 nitrogen and oxygen atoms in total. The number of alkyl halides is 3. The molecular formula is C22H11BrClF5N2O2. The Morgan fingerprint density at radius 1 is 1.06 bits per heavy atom. The Hall–Kier alpha value is -2.98. The third kappa shape index (κ3) is 4.45. The lowest BCUT2D eigenvalue weighted by atomic mass is 9.96. The van der Waals surface area contributed by atoms with Crippen molar-refractivity contribution in [3.63, 3.8) is 0 Å². The summed E-state index contributed by atoms with van der Waals surface area (Å²) >= 11 is 9.35. The number of carbonyl (C=O) groups excluding carboxylic acids is 2. The fraction of sp³-hybridized carbons (Fsp3) is 0.0909. The minimum absolute atomic E-state index is 0.00450. The maximum absolute atomic E-state index is 14.6. The molecule has 1 aliphatic heterocycles. The molecule has 0 saturated heterocycles. The summed E-state index contributed by atoms with van der Waals surface area (Å²) in [6.45, 7) is 0. The van der Waals surface area contributed by atoms with Gasteiger partial charge in [-0.05, 0) is 42.5 Å². The Labute approximate surface area is 196 Å². The number of anilines is 1. The molecular weight excluding hydrogens is 535 g/mol. The third-order valence-corrected chi connectivity index (χ3v) is 5.76. The number of carbonyl (C=O) groups is 2. The summed E-state index contributed by atoms with van der Waals surface area (Å²) in [7, 11) is 0. The summed E-state index contributed by atoms with van der Waals surface area (Å²) in [4.78, 5) is 25.3. The molecule has 0 radical (unpaired) electrons. The zero-order valence-electron chi connectivity index (χ0n) is 16.2. The van der Waals surface area contributed by atoms with Gasteiger partial charge in [-0.1, -0.05) is 33.6 Å². The summed E-state index contributed by atoms with van der Waals surface area (Å²) in [5.74, 6) is -3.59. The van der Waals surface area contributed by atoms with Gasteiger partial charge in [0.2, 0.25) is 0 Å². The molecule has 3 aromatic rings. The van der Waals surface area contributed by atoms with Crippen molar-refractivity contribution in [3.8, 4) is 0 Å². The minimum atomic E-state index is -4.86. The highest BCUT2D eigenvalue weighted by Gasteiger charge is 2.36. The van der Waals surface area contributed by atoms with Crippen LogP contribution in [0.15, 0.2) is 53.0 Å². The van der Waals surface area contributed by atoms with Crippen molar-refractivity contribution < 1.29 is 31.5 Å². The topological polar surface area (TPSA) is 58.2 Å². The Morgan fingerprint density at radius 2 is 1.79 bits per heavy atom. The number of hydrogen-bond donors (Lipinski definition) is 2. The van der Waals surface area contributed by atoms with Gasteiger partial charge in [-0.2, -0.15) is 13.2 Å². The predicted octanol–water partition coefficient (Wildman–Crippen LogP) is 6.48. The van der Waals surface area contributed by atoms with E-state index in [1.807, 2.05) is 0 Å². The van der Waals surface area contributed by atoms with Crippen LogP contribution in [0.1, 0.15) is 43.4 Å². The van der Waals surface area contributed by atoms with Crippen LogP contribution >= 0.6 is 27.5 Å². The Kier molecular flexibility index (Phi) is 5.92. The Balaban J connectivity index is 1.80. The molecule has 3 aromatic carbocycles. The lowest BCUT2D eigenvalue weighted by Crippen LogP contribution is -2.22. The second kappa shape index (κ2) is 8.42. The number of fused-ring (bicyclic) bond motifs is 1. The third-order valence-electron chi connectivity index (χ3n) is 4.98. The first-order valence-electron chi connectivity index (χ1n) is 9.23. The zero-order valence-corrected chi connectivity index (χ0v) is 18.5. The highest BCUT2D eigenvalue weighted by Crippen LogP contribution is 2.41. The van der Waals surface area contributed by atoms with Crippen molar-refractivity contribution in [2.24, 2.45) is 0 Å². The molecule has 0 fully saturated rings. The molecule has 2 amide bonds. The smallest absolute Gasteiger partial charge is 0.341 e. The van der Waals surface area contributed by atoms with E-state index in [1.165, 1.54) is 24.3 Å². The number of halogens is 7. The number of hydrogen-bond acceptors (Lipinski definition) is 2. The van der Waals surface area contributed by atoms with Gasteiger partial charge in [0.1, 0.15) is 11.6 Å². The Morgan fingerprint density at radius 3 is 2.45 bits per heavy atom. The van der Waals surface area contributed by atoms with Crippen LogP contribution in [0.25, 0.3) is 0 Å². The highest BCUT2D eigenvalue weighted by molar-refractivity contribution is 9.10. The molecule has 0 aliphatic carbocycles. The van der Waals surface area contributed by atoms with Crippen LogP contribution in [0.5, 0.6) is 0 Å². The van der Waals surface area contributed by atoms with Gasteiger partial charge in [-0.25, -0.2) is 8.78 Å². The maximum atomic E-state index is 14.6. The van der Waals surface area contributed by atoms with Crippen LogP contribution in [0.3, 0.4) is 0 Å². The normalized spacial score (nSPS) is 15.2. The van der Waals surface area contributed by atoms with Gasteiger partial charge >= 0.3 is 6.18 Å². The van der Waals surface area contributed by atoms with E-state index in [0.29, 0.717) is 16.6 Å². The fourth-order valence-corrected chi connectivity index (χ4v) is 4.31. The summed E-state index contributed by atoms with van der Waals surface area (Å²) < 4.78 is 67.8. The van der Waals surface area contributed by atoms with Crippen LogP contribution in [0.4, 0.5) is 27.6 Å². The first kappa shape index (κ1) is 23.2. The monoisotopic (exact) mass is 544 g/mol. The lowest BCUT2D eigenvalue weighted by Gasteiger charge is -2.19. The molecule has 33 heavy (non-hydrogen) atoms. The summed E-state index contributed by atoms with van der Waals surface area (Å²) in [6, 6.07) is 7.13. The van der Waals surface area contributed by atoms with Gasteiger partial charge in [0, 0.05) is 37.4 Å². The van der Waals surface area contributed by atoms with Gasteiger partial charge in [-0.15, -0.1) is 0 Å². The van der Waals surface area contributed by atoms with E-state index >= 15 is 0 Å². The van der Waals surface area contributed by atoms with E-state index in [4.69, 9.17) is 11.6 Å². The van der Waals surface area contributed by atoms with Crippen molar-refractivity contribution in [2.45, 2.75) is 12.2 Å². The quantitative estimate of drug-likeness (QED) is 0.370. The maximum Gasteiger partial charge on any atom is 0.416 e. The largest absolute Gasteiger partial charge is 0.416 e. The lowest BCUT2D eigenvalue weighted by molar-refractivity contribution is -0.137. The molecule has 2 N–H and O–H groups in total. The van der Waals surface area contributed by atoms with E-state index < -0.39 is 46.8 Å². The number of rotatable bonds is 3. The number of amides is 2. The van der Waals surface area contributed by atoms with Gasteiger partial charge in [0.05, 0.1) is 11.6 Å². The van der Waals surface area contributed by atoms with Crippen molar-refractivity contribution in [1.82, 2.24) is 5.32 Å². The van der Waals surface area contributed by atoms with Gasteiger partial charge in [0.25, 0.3) is 11.8 Å². The first-order chi connectivity index (χ1) is 15.5. The van der Waals surface area contributed by atoms with E-state index in [0.717, 1.165) is 6.07 Å². The summed E-state index contributed by atoms with van der Waals surface area (Å²) in [5.41, 5.74) is -1.71. The van der Waals surface area contributed by atoms with Gasteiger partial charge < -0.3 is 10.6 Å². The molecule has 170 valence electrons. The molecule has 0 unspecified atom stereocenters. The van der Waals surface area contributed by atoms with Crippen LogP contribution in [-0.4, -0.2) is 11.8 Å². The molecule has 1 aliphatic rings. The molecule has 0 spiro atoms. The van der Waals surface area contributed by atoms with Crippen LogP contribution in [-0.2, 0) is 6.18 Å². The first-order valence-corrected chi connectivity index (χ1v) is 10.4. The number of benzene rings is 3. The molecule has 11 heteroatoms. The van der Waals surface area contributed by atoms with Crippen molar-refractivity contribution in [3.05, 3.63) is 97.5 Å². The molecule has 1 heterocycles. The Bertz CT molecular complexity index is 1290. The van der Waals surface area contributed by atoms with Crippen LogP contribution < -0.4 is 10.6 Å². The minimum Gasteiger partial charge on any atom is -0.341 e. The summed E-state index contributed by atoms with van der Waals surface area (Å²) in [5, 5.41) is 5.02. The molecule has 1 atom stereocenters. The second-order valence-corrected chi connectivity index (χ2v) is 8.46. The van der Waals surface area contributed by atoms with Gasteiger partial charge in [0.15, 0.2) is 0 Å². The molecule has 0 saturated carbocycles. The highest BCUT2D eigenvalue weighted by atomic mass is 79.9. The molecule has 0 aromatic heterocycles. The summed E-state index contributed by atoms with van der Waals surface area (Å²) in [6.07, 6.45) is -4.86. The van der Waals surface area contributed by atoms with Crippen molar-refractivity contribution in [1.29, 1.82) is 0 Å². The molecule has 0 bridgehead atoms. The second-order valence-electron chi connectivity index (χ2n) is 7.14. The molecule has 4 rings (SSSR count). The van der Waals surface area contributed by atoms with E-state index in [-0.39, 0.29) is 33.5 Å². The average molecular weight is 546 g/mol. The number of nitrogens with one attached hydrogen (secondary N) is 2. The van der Waals surface area contributed by atoms with Crippen molar-refractivity contribution >= 4 is 45.0 Å². The fourth-order valence-electron chi connectivity index (χ4n) is 3.58. The zero-order chi connectivity index (χ0) is 24.1. The average Bonchev–Trinajstić information content (AvgIpc) is 3.03. The van der Waals surface area contributed by atoms with Crippen LogP contribution in [0, 0.1) is 11.6 Å². The van der Waals surface area contributed by atoms with E-state index in [9.17, 15) is 31.5 Å². The van der Waals surface area contributed by atoms with Gasteiger partial charge in [-0.3, -0.25) is 9.59 Å². The SMILES string of the molecule is O=C(Nc1cc(Br)cc2c1[C@@H](c1c(F)cccc1Cl)NC2=O)c1cc(F)cc(C(F)(F)F)c1. The van der Waals surface area contributed by atoms with E-state index in [2.05, 4.69) is 26.6 Å². The van der Waals surface area contributed by atoms with Crippen molar-refractivity contribution in [2.75, 3.05) is 5.32 Å².